The molecule has 1 aromatic heterocycles. The normalized spacial score (nSPS) is 24.7. The first-order chi connectivity index (χ1) is 33.2. The molecule has 71 heavy (non-hydrogen) atoms. The van der Waals surface area contributed by atoms with Gasteiger partial charge >= 0.3 is 56.9 Å². The summed E-state index contributed by atoms with van der Waals surface area (Å²) in [5.74, 6) is -6.81. The lowest BCUT2D eigenvalue weighted by Crippen LogP contribution is -2.68. The summed E-state index contributed by atoms with van der Waals surface area (Å²) in [6.45, 7) is 8.79. The first-order valence-corrected chi connectivity index (χ1v) is 25.2. The van der Waals surface area contributed by atoms with Gasteiger partial charge in [0.25, 0.3) is 0 Å². The Morgan fingerprint density at radius 2 is 1.41 bits per heavy atom. The summed E-state index contributed by atoms with van der Waals surface area (Å²) in [7, 11) is -7.94. The van der Waals surface area contributed by atoms with Crippen molar-refractivity contribution in [2.75, 3.05) is 51.6 Å². The van der Waals surface area contributed by atoms with Gasteiger partial charge in [0.1, 0.15) is 30.7 Å². The lowest BCUT2D eigenvalue weighted by Gasteiger charge is -2.50. The molecule has 2 aliphatic rings. The molecule has 1 aromatic rings. The Balaban J connectivity index is 2.20. The number of nitrogens with one attached hydrogen (secondary N) is 2. The summed E-state index contributed by atoms with van der Waals surface area (Å²) in [4.78, 5) is 116. The molecule has 1 unspecified atom stereocenters. The highest BCUT2D eigenvalue weighted by molar-refractivity contribution is 7.53. The molecule has 0 saturated carbocycles. The summed E-state index contributed by atoms with van der Waals surface area (Å²) in [5, 5.41) is 4.96. The molecule has 0 spiro atoms. The van der Waals surface area contributed by atoms with Gasteiger partial charge in [0.05, 0.1) is 44.2 Å². The molecule has 0 bridgehead atoms. The quantitative estimate of drug-likeness (QED) is 0.0759. The molecule has 2 aliphatic heterocycles. The molecule has 2 saturated heterocycles. The standard InChI is InChI=1S/C41H62N4O24P2/c1-12-59-71(56,60-13-2)62-21-41(18-30(63-25(6)49)34(43-23(4)47)37(69-41)35(65-27(8)51)31(64-26(7)50)19-58-24(5)48)15-17-70(55,57-11)61-20-32-36(66-28(9)52)38(67-29(10)53)39(68-32)45-16-14-33(42-22(3)46)44-40(45)54/h14,16,30-32,34-39H,12-13,15,17-21H2,1-11H3,(H,43,47)(H,42,44,46,54)/t30-,31+,32+,34+,35+,36+,37+,38+,39+,41-,70?/m0/s1. The minimum atomic E-state index is -4.50. The third-order valence-corrected chi connectivity index (χ3v) is 13.5. The topological polar surface area (TPSA) is 350 Å². The Labute approximate surface area is 408 Å². The zero-order valence-corrected chi connectivity index (χ0v) is 42.9. The van der Waals surface area contributed by atoms with Gasteiger partial charge in [-0.25, -0.2) is 9.36 Å². The van der Waals surface area contributed by atoms with Gasteiger partial charge in [0.15, 0.2) is 30.6 Å². The van der Waals surface area contributed by atoms with Crippen molar-refractivity contribution in [2.24, 2.45) is 0 Å². The maximum Gasteiger partial charge on any atom is 0.474 e. The van der Waals surface area contributed by atoms with E-state index in [4.69, 9.17) is 60.5 Å². The van der Waals surface area contributed by atoms with Crippen molar-refractivity contribution in [1.29, 1.82) is 0 Å². The van der Waals surface area contributed by atoms with Crippen LogP contribution in [0.15, 0.2) is 17.1 Å². The summed E-state index contributed by atoms with van der Waals surface area (Å²) in [6.07, 6.45) is -13.3. The average Bonchev–Trinajstić information content (AvgIpc) is 3.57. The van der Waals surface area contributed by atoms with Crippen LogP contribution in [0.1, 0.15) is 88.3 Å². The van der Waals surface area contributed by atoms with Gasteiger partial charge in [-0.1, -0.05) is 0 Å². The molecular formula is C41H62N4O24P2. The van der Waals surface area contributed by atoms with Crippen LogP contribution in [-0.4, -0.2) is 158 Å². The Morgan fingerprint density at radius 3 is 1.92 bits per heavy atom. The summed E-state index contributed by atoms with van der Waals surface area (Å²) >= 11 is 0. The van der Waals surface area contributed by atoms with Crippen molar-refractivity contribution in [3.05, 3.63) is 22.7 Å². The Hall–Kier alpha value is -5.18. The number of phosphoric ester groups is 1. The van der Waals surface area contributed by atoms with Crippen LogP contribution in [0.2, 0.25) is 0 Å². The van der Waals surface area contributed by atoms with Crippen LogP contribution in [0.25, 0.3) is 0 Å². The van der Waals surface area contributed by atoms with Crippen LogP contribution in [0.5, 0.6) is 0 Å². The van der Waals surface area contributed by atoms with Crippen molar-refractivity contribution in [1.82, 2.24) is 14.9 Å². The van der Waals surface area contributed by atoms with Crippen molar-refractivity contribution >= 4 is 68.9 Å². The van der Waals surface area contributed by atoms with Gasteiger partial charge in [0.2, 0.25) is 11.8 Å². The first kappa shape index (κ1) is 60.1. The SMILES string of the molecule is CCOP(=O)(OCC)OC[C@]1(CCP(=O)(OC)OC[C@H]2O[C@@H](n3ccc(NC(C)=O)nc3=O)[C@H](OC(C)=O)[C@@H]2OC(C)=O)C[C@H](OC(C)=O)[C@@H](NC(C)=O)[C@H]([C@H](OC(C)=O)[C@@H](COC(C)=O)OC(C)=O)O1. The fourth-order valence-corrected chi connectivity index (χ4v) is 10.3. The smallest absolute Gasteiger partial charge is 0.462 e. The average molecular weight is 1060 g/mol. The number of aromatic nitrogens is 2. The van der Waals surface area contributed by atoms with Gasteiger partial charge in [-0.15, -0.1) is 0 Å². The van der Waals surface area contributed by atoms with Gasteiger partial charge in [-0.05, 0) is 26.3 Å². The fourth-order valence-electron chi connectivity index (χ4n) is 7.54. The molecule has 28 nitrogen and oxygen atoms in total. The molecule has 3 rings (SSSR count). The molecule has 2 amide bonds. The second-order valence-corrected chi connectivity index (χ2v) is 19.8. The van der Waals surface area contributed by atoms with E-state index in [1.165, 1.54) is 33.0 Å². The first-order valence-electron chi connectivity index (χ1n) is 22.0. The number of anilines is 1. The number of hydrogen-bond donors (Lipinski definition) is 2. The number of nitrogens with zero attached hydrogens (tertiary/aromatic N) is 2. The van der Waals surface area contributed by atoms with Gasteiger partial charge in [0, 0.05) is 75.1 Å². The molecule has 2 fully saturated rings. The van der Waals surface area contributed by atoms with Crippen molar-refractivity contribution < 1.29 is 108 Å². The molecule has 11 atom stereocenters. The number of esters is 6. The van der Waals surface area contributed by atoms with E-state index in [9.17, 15) is 52.3 Å². The van der Waals surface area contributed by atoms with E-state index in [0.29, 0.717) is 0 Å². The van der Waals surface area contributed by atoms with E-state index in [-0.39, 0.29) is 19.0 Å². The maximum atomic E-state index is 14.7. The van der Waals surface area contributed by atoms with E-state index in [2.05, 4.69) is 15.6 Å². The van der Waals surface area contributed by atoms with E-state index in [0.717, 1.165) is 60.1 Å². The predicted molar refractivity (Wildman–Crippen MR) is 238 cm³/mol. The number of ether oxygens (including phenoxy) is 8. The van der Waals surface area contributed by atoms with Gasteiger partial charge in [-0.3, -0.25) is 61.1 Å². The van der Waals surface area contributed by atoms with Crippen LogP contribution < -0.4 is 16.3 Å². The Morgan fingerprint density at radius 1 is 0.803 bits per heavy atom. The van der Waals surface area contributed by atoms with Crippen LogP contribution in [0, 0.1) is 0 Å². The fraction of sp³-hybridized carbons (Fsp3) is 0.707. The minimum absolute atomic E-state index is 0.119. The lowest BCUT2D eigenvalue weighted by molar-refractivity contribution is -0.244. The Bertz CT molecular complexity index is 2230. The monoisotopic (exact) mass is 1060 g/mol. The molecule has 400 valence electrons. The minimum Gasteiger partial charge on any atom is -0.462 e. The molecular weight excluding hydrogens is 994 g/mol. The number of rotatable bonds is 26. The van der Waals surface area contributed by atoms with Gasteiger partial charge in [-0.2, -0.15) is 4.98 Å². The number of hydrogen-bond acceptors (Lipinski definition) is 25. The van der Waals surface area contributed by atoms with Crippen molar-refractivity contribution in [3.63, 3.8) is 0 Å². The van der Waals surface area contributed by atoms with E-state index in [1.54, 1.807) is 0 Å². The lowest BCUT2D eigenvalue weighted by atomic mass is 9.82. The highest BCUT2D eigenvalue weighted by atomic mass is 31.2. The highest BCUT2D eigenvalue weighted by Crippen LogP contribution is 2.54. The Kier molecular flexibility index (Phi) is 22.9. The number of carbonyl (C=O) groups excluding carboxylic acids is 8. The molecule has 2 N–H and O–H groups in total. The van der Waals surface area contributed by atoms with Crippen molar-refractivity contribution in [3.8, 4) is 0 Å². The second-order valence-electron chi connectivity index (χ2n) is 15.9. The van der Waals surface area contributed by atoms with Crippen LogP contribution in [0.4, 0.5) is 5.82 Å². The largest absolute Gasteiger partial charge is 0.474 e. The van der Waals surface area contributed by atoms with Crippen LogP contribution >= 0.6 is 15.4 Å². The number of phosphoric acid groups is 1. The third-order valence-electron chi connectivity index (χ3n) is 10.1. The molecule has 0 aromatic carbocycles. The molecule has 30 heteroatoms. The summed E-state index contributed by atoms with van der Waals surface area (Å²) in [5.41, 5.74) is -3.02. The third kappa shape index (κ3) is 18.4. The zero-order valence-electron chi connectivity index (χ0n) is 41.1. The molecule has 3 heterocycles. The predicted octanol–water partition coefficient (Wildman–Crippen LogP) is 1.80. The van der Waals surface area contributed by atoms with Crippen LogP contribution in [0.3, 0.4) is 0 Å². The van der Waals surface area contributed by atoms with Crippen molar-refractivity contribution in [2.45, 2.75) is 143 Å². The number of carbonyl (C=O) groups is 8. The van der Waals surface area contributed by atoms with Gasteiger partial charge < -0.3 is 57.6 Å². The van der Waals surface area contributed by atoms with E-state index < -0.39 is 168 Å². The van der Waals surface area contributed by atoms with E-state index in [1.807, 2.05) is 0 Å². The van der Waals surface area contributed by atoms with E-state index >= 15 is 0 Å². The van der Waals surface area contributed by atoms with Crippen LogP contribution in [-0.2, 0) is 108 Å². The maximum absolute atomic E-state index is 14.7. The second kappa shape index (κ2) is 27.0. The zero-order chi connectivity index (χ0) is 53.4. The summed E-state index contributed by atoms with van der Waals surface area (Å²) < 4.78 is 103. The molecule has 0 radical (unpaired) electrons. The summed E-state index contributed by atoms with van der Waals surface area (Å²) in [6, 6.07) is -0.213. The number of amides is 2. The molecule has 0 aliphatic carbocycles. The highest BCUT2D eigenvalue weighted by Gasteiger charge is 2.57.